The number of piperazine rings is 1. The summed E-state index contributed by atoms with van der Waals surface area (Å²) in [4.78, 5) is 14.1. The van der Waals surface area contributed by atoms with Crippen molar-refractivity contribution >= 4 is 10.9 Å². The molecule has 0 radical (unpaired) electrons. The van der Waals surface area contributed by atoms with E-state index in [0.29, 0.717) is 0 Å². The molecule has 1 aromatic carbocycles. The van der Waals surface area contributed by atoms with Crippen molar-refractivity contribution in [2.24, 2.45) is 0 Å². The SMILES string of the molecule is CN1CCN(C[C@@H]2CCCN2Cc2ccc3[nH]c(CN4CCCC4)cc3c2)CC1. The second kappa shape index (κ2) is 8.76. The fourth-order valence-corrected chi connectivity index (χ4v) is 5.48. The Morgan fingerprint density at radius 1 is 0.862 bits per heavy atom. The third-order valence-corrected chi connectivity index (χ3v) is 7.28. The van der Waals surface area contributed by atoms with Gasteiger partial charge in [-0.25, -0.2) is 0 Å². The predicted octanol–water partition coefficient (Wildman–Crippen LogP) is 2.98. The first-order valence-electron chi connectivity index (χ1n) is 11.7. The first-order chi connectivity index (χ1) is 14.2. The molecular formula is C24H37N5. The molecule has 5 nitrogen and oxygen atoms in total. The minimum absolute atomic E-state index is 0.728. The van der Waals surface area contributed by atoms with Gasteiger partial charge in [0.25, 0.3) is 0 Å². The van der Waals surface area contributed by atoms with Crippen LogP contribution in [0.4, 0.5) is 0 Å². The van der Waals surface area contributed by atoms with Crippen molar-refractivity contribution in [2.75, 3.05) is 59.4 Å². The standard InChI is InChI=1S/C24H37N5/c1-26-11-13-28(14-12-26)19-23-5-4-10-29(23)17-20-6-7-24-21(15-20)16-22(25-24)18-27-8-2-3-9-27/h6-7,15-16,23,25H,2-5,8-14,17-19H2,1H3/t23-/m0/s1. The number of benzene rings is 1. The van der Waals surface area contributed by atoms with Crippen LogP contribution in [0.5, 0.6) is 0 Å². The molecule has 3 fully saturated rings. The van der Waals surface area contributed by atoms with Crippen molar-refractivity contribution in [2.45, 2.75) is 44.8 Å². The van der Waals surface area contributed by atoms with Crippen molar-refractivity contribution < 1.29 is 0 Å². The van der Waals surface area contributed by atoms with E-state index in [1.54, 1.807) is 0 Å². The predicted molar refractivity (Wildman–Crippen MR) is 120 cm³/mol. The zero-order chi connectivity index (χ0) is 19.6. The van der Waals surface area contributed by atoms with Crippen LogP contribution in [0.3, 0.4) is 0 Å². The van der Waals surface area contributed by atoms with Crippen LogP contribution in [0.2, 0.25) is 0 Å². The number of aromatic amines is 1. The van der Waals surface area contributed by atoms with Gasteiger partial charge < -0.3 is 9.88 Å². The van der Waals surface area contributed by atoms with Gasteiger partial charge in [0, 0.05) is 68.5 Å². The van der Waals surface area contributed by atoms with Crippen LogP contribution in [-0.4, -0.2) is 90.0 Å². The lowest BCUT2D eigenvalue weighted by Crippen LogP contribution is -2.49. The van der Waals surface area contributed by atoms with E-state index >= 15 is 0 Å². The fraction of sp³-hybridized carbons (Fsp3) is 0.667. The molecule has 0 unspecified atom stereocenters. The number of hydrogen-bond acceptors (Lipinski definition) is 4. The van der Waals surface area contributed by atoms with Crippen molar-refractivity contribution in [3.63, 3.8) is 0 Å². The number of likely N-dealkylation sites (N-methyl/N-ethyl adjacent to an activating group) is 1. The summed E-state index contributed by atoms with van der Waals surface area (Å²) >= 11 is 0. The van der Waals surface area contributed by atoms with E-state index in [0.717, 1.165) is 19.1 Å². The summed E-state index contributed by atoms with van der Waals surface area (Å²) in [6.45, 7) is 12.1. The Hall–Kier alpha value is -1.40. The summed E-state index contributed by atoms with van der Waals surface area (Å²) in [6.07, 6.45) is 5.43. The monoisotopic (exact) mass is 395 g/mol. The molecule has 4 heterocycles. The van der Waals surface area contributed by atoms with Gasteiger partial charge in [-0.15, -0.1) is 0 Å². The molecule has 1 N–H and O–H groups in total. The number of fused-ring (bicyclic) bond motifs is 1. The molecule has 3 aliphatic heterocycles. The van der Waals surface area contributed by atoms with Gasteiger partial charge in [0.05, 0.1) is 0 Å². The topological polar surface area (TPSA) is 28.8 Å². The number of aromatic nitrogens is 1. The molecule has 158 valence electrons. The Labute approximate surface area is 175 Å². The summed E-state index contributed by atoms with van der Waals surface area (Å²) in [7, 11) is 2.24. The second-order valence-corrected chi connectivity index (χ2v) is 9.57. The molecule has 3 aliphatic rings. The Morgan fingerprint density at radius 3 is 2.52 bits per heavy atom. The van der Waals surface area contributed by atoms with Gasteiger partial charge in [0.2, 0.25) is 0 Å². The number of nitrogens with zero attached hydrogens (tertiary/aromatic N) is 4. The zero-order valence-electron chi connectivity index (χ0n) is 18.1. The van der Waals surface area contributed by atoms with E-state index in [-0.39, 0.29) is 0 Å². The molecule has 1 aromatic heterocycles. The van der Waals surface area contributed by atoms with Gasteiger partial charge in [0.1, 0.15) is 0 Å². The third-order valence-electron chi connectivity index (χ3n) is 7.28. The maximum atomic E-state index is 3.64. The van der Waals surface area contributed by atoms with Crippen LogP contribution in [0.15, 0.2) is 24.3 Å². The van der Waals surface area contributed by atoms with E-state index < -0.39 is 0 Å². The van der Waals surface area contributed by atoms with Crippen LogP contribution in [-0.2, 0) is 13.1 Å². The summed E-state index contributed by atoms with van der Waals surface area (Å²) in [5.41, 5.74) is 4.13. The Balaban J connectivity index is 1.22. The Morgan fingerprint density at radius 2 is 1.69 bits per heavy atom. The molecule has 0 spiro atoms. The first kappa shape index (κ1) is 19.6. The maximum absolute atomic E-state index is 3.64. The highest BCUT2D eigenvalue weighted by Crippen LogP contribution is 2.24. The number of hydrogen-bond donors (Lipinski definition) is 1. The van der Waals surface area contributed by atoms with Crippen LogP contribution < -0.4 is 0 Å². The Kier molecular flexibility index (Phi) is 5.91. The summed E-state index contributed by atoms with van der Waals surface area (Å²) < 4.78 is 0. The van der Waals surface area contributed by atoms with Crippen molar-refractivity contribution in [1.29, 1.82) is 0 Å². The van der Waals surface area contributed by atoms with E-state index in [9.17, 15) is 0 Å². The molecule has 0 amide bonds. The minimum atomic E-state index is 0.728. The van der Waals surface area contributed by atoms with Crippen LogP contribution >= 0.6 is 0 Å². The van der Waals surface area contributed by atoms with Crippen molar-refractivity contribution in [1.82, 2.24) is 24.6 Å². The Bertz CT molecular complexity index is 801. The van der Waals surface area contributed by atoms with Gasteiger partial charge in [-0.1, -0.05) is 6.07 Å². The largest absolute Gasteiger partial charge is 0.357 e. The number of rotatable bonds is 6. The van der Waals surface area contributed by atoms with Crippen molar-refractivity contribution in [3.8, 4) is 0 Å². The van der Waals surface area contributed by atoms with Crippen LogP contribution in [0.25, 0.3) is 10.9 Å². The van der Waals surface area contributed by atoms with Crippen LogP contribution in [0.1, 0.15) is 36.9 Å². The smallest absolute Gasteiger partial charge is 0.0456 e. The van der Waals surface area contributed by atoms with E-state index in [2.05, 4.69) is 55.9 Å². The fourth-order valence-electron chi connectivity index (χ4n) is 5.48. The average molecular weight is 396 g/mol. The molecule has 5 heteroatoms. The number of likely N-dealkylation sites (tertiary alicyclic amines) is 2. The van der Waals surface area contributed by atoms with Gasteiger partial charge in [0.15, 0.2) is 0 Å². The molecule has 5 rings (SSSR count). The quantitative estimate of drug-likeness (QED) is 0.814. The number of H-pyrrole nitrogens is 1. The number of nitrogens with one attached hydrogen (secondary N) is 1. The molecule has 0 saturated carbocycles. The second-order valence-electron chi connectivity index (χ2n) is 9.57. The third kappa shape index (κ3) is 4.69. The summed E-state index contributed by atoms with van der Waals surface area (Å²) in [5.74, 6) is 0. The molecule has 29 heavy (non-hydrogen) atoms. The maximum Gasteiger partial charge on any atom is 0.0456 e. The van der Waals surface area contributed by atoms with E-state index in [4.69, 9.17) is 0 Å². The summed E-state index contributed by atoms with van der Waals surface area (Å²) in [5, 5.41) is 1.38. The van der Waals surface area contributed by atoms with Gasteiger partial charge in [-0.3, -0.25) is 14.7 Å². The lowest BCUT2D eigenvalue weighted by Gasteiger charge is -2.36. The first-order valence-corrected chi connectivity index (χ1v) is 11.7. The highest BCUT2D eigenvalue weighted by atomic mass is 15.3. The highest BCUT2D eigenvalue weighted by Gasteiger charge is 2.27. The highest BCUT2D eigenvalue weighted by molar-refractivity contribution is 5.81. The average Bonchev–Trinajstić information content (AvgIpc) is 3.46. The van der Waals surface area contributed by atoms with Crippen molar-refractivity contribution in [3.05, 3.63) is 35.5 Å². The van der Waals surface area contributed by atoms with Gasteiger partial charge in [-0.2, -0.15) is 0 Å². The minimum Gasteiger partial charge on any atom is -0.357 e. The van der Waals surface area contributed by atoms with Gasteiger partial charge in [-0.05, 0) is 76.1 Å². The van der Waals surface area contributed by atoms with Gasteiger partial charge >= 0.3 is 0 Å². The molecule has 0 aliphatic carbocycles. The van der Waals surface area contributed by atoms with E-state index in [1.807, 2.05) is 0 Å². The zero-order valence-corrected chi connectivity index (χ0v) is 18.1. The summed E-state index contributed by atoms with van der Waals surface area (Å²) in [6, 6.07) is 10.2. The molecular weight excluding hydrogens is 358 g/mol. The normalized spacial score (nSPS) is 25.5. The lowest BCUT2D eigenvalue weighted by molar-refractivity contribution is 0.114. The van der Waals surface area contributed by atoms with E-state index in [1.165, 1.54) is 100 Å². The lowest BCUT2D eigenvalue weighted by atomic mass is 10.1. The molecule has 0 bridgehead atoms. The molecule has 3 saturated heterocycles. The molecule has 1 atom stereocenters. The molecule has 2 aromatic rings. The van der Waals surface area contributed by atoms with Crippen LogP contribution in [0, 0.1) is 0 Å².